The van der Waals surface area contributed by atoms with Gasteiger partial charge in [0.2, 0.25) is 0 Å². The van der Waals surface area contributed by atoms with Gasteiger partial charge in [0.1, 0.15) is 5.75 Å². The van der Waals surface area contributed by atoms with Crippen LogP contribution in [0.4, 0.5) is 0 Å². The Morgan fingerprint density at radius 2 is 1.73 bits per heavy atom. The molecular weight excluding hydrogens is 272 g/mol. The zero-order valence-electron chi connectivity index (χ0n) is 13.4. The van der Waals surface area contributed by atoms with E-state index in [0.717, 1.165) is 17.7 Å². The van der Waals surface area contributed by atoms with Crippen LogP contribution in [0, 0.1) is 0 Å². The Hall–Kier alpha value is -2.09. The van der Waals surface area contributed by atoms with Crippen LogP contribution < -0.4 is 4.74 Å². The molecule has 1 atom stereocenters. The fourth-order valence-corrected chi connectivity index (χ4v) is 2.97. The van der Waals surface area contributed by atoms with Gasteiger partial charge < -0.3 is 4.74 Å². The number of carbonyl (C=O) groups excluding carboxylic acids is 1. The number of hydrogen-bond acceptors (Lipinski definition) is 2. The zero-order valence-corrected chi connectivity index (χ0v) is 13.4. The molecule has 1 unspecified atom stereocenters. The summed E-state index contributed by atoms with van der Waals surface area (Å²) in [6.07, 6.45) is 1.28. The van der Waals surface area contributed by atoms with E-state index in [0.29, 0.717) is 6.42 Å². The summed E-state index contributed by atoms with van der Waals surface area (Å²) >= 11 is 0. The normalized spacial score (nSPS) is 18.3. The molecule has 22 heavy (non-hydrogen) atoms. The molecule has 0 fully saturated rings. The van der Waals surface area contributed by atoms with Gasteiger partial charge in [-0.2, -0.15) is 0 Å². The van der Waals surface area contributed by atoms with Gasteiger partial charge in [-0.15, -0.1) is 0 Å². The lowest BCUT2D eigenvalue weighted by Crippen LogP contribution is -2.12. The summed E-state index contributed by atoms with van der Waals surface area (Å²) in [5.41, 5.74) is 3.70. The molecule has 0 aromatic heterocycles. The van der Waals surface area contributed by atoms with Gasteiger partial charge in [0.15, 0.2) is 0 Å². The highest BCUT2D eigenvalue weighted by molar-refractivity contribution is 5.75. The minimum absolute atomic E-state index is 0.0909. The quantitative estimate of drug-likeness (QED) is 0.566. The Kier molecular flexibility index (Phi) is 3.78. The number of esters is 1. The first-order valence-electron chi connectivity index (χ1n) is 7.82. The maximum absolute atomic E-state index is 12.1. The van der Waals surface area contributed by atoms with Crippen molar-refractivity contribution in [3.05, 3.63) is 65.2 Å². The van der Waals surface area contributed by atoms with E-state index < -0.39 is 0 Å². The number of ether oxygens (including phenoxy) is 1. The molecule has 1 aliphatic rings. The molecule has 0 saturated carbocycles. The highest BCUT2D eigenvalue weighted by atomic mass is 16.5. The maximum atomic E-state index is 12.1. The second kappa shape index (κ2) is 5.60. The third-order valence-corrected chi connectivity index (χ3v) is 4.30. The lowest BCUT2D eigenvalue weighted by molar-refractivity contribution is -0.134. The third kappa shape index (κ3) is 3.06. The molecule has 2 nitrogen and oxygen atoms in total. The molecule has 2 heteroatoms. The van der Waals surface area contributed by atoms with E-state index in [9.17, 15) is 4.79 Å². The highest BCUT2D eigenvalue weighted by Gasteiger charge is 2.26. The summed E-state index contributed by atoms with van der Waals surface area (Å²) in [5.74, 6) is 0.762. The SMILES string of the molecule is CC(C)(C)c1ccc2c(c1)CC(c1ccccc1)CC(=O)O2. The number of carbonyl (C=O) groups is 1. The molecule has 1 heterocycles. The molecule has 0 saturated heterocycles. The largest absolute Gasteiger partial charge is 0.426 e. The molecular formula is C20H22O2. The van der Waals surface area contributed by atoms with Crippen LogP contribution >= 0.6 is 0 Å². The summed E-state index contributed by atoms with van der Waals surface area (Å²) in [6, 6.07) is 16.5. The number of rotatable bonds is 1. The van der Waals surface area contributed by atoms with E-state index in [2.05, 4.69) is 45.0 Å². The minimum atomic E-state index is -0.142. The van der Waals surface area contributed by atoms with E-state index in [1.54, 1.807) is 0 Å². The molecule has 0 spiro atoms. The van der Waals surface area contributed by atoms with Gasteiger partial charge >= 0.3 is 5.97 Å². The Morgan fingerprint density at radius 1 is 1.00 bits per heavy atom. The van der Waals surface area contributed by atoms with Crippen LogP contribution in [-0.4, -0.2) is 5.97 Å². The van der Waals surface area contributed by atoms with Crippen molar-refractivity contribution < 1.29 is 9.53 Å². The average Bonchev–Trinajstić information content (AvgIpc) is 2.64. The second-order valence-electron chi connectivity index (χ2n) is 7.06. The minimum Gasteiger partial charge on any atom is -0.426 e. The van der Waals surface area contributed by atoms with Crippen molar-refractivity contribution in [3.63, 3.8) is 0 Å². The Morgan fingerprint density at radius 3 is 2.41 bits per heavy atom. The van der Waals surface area contributed by atoms with Crippen molar-refractivity contribution in [3.8, 4) is 5.75 Å². The van der Waals surface area contributed by atoms with Crippen molar-refractivity contribution in [2.75, 3.05) is 0 Å². The first-order valence-corrected chi connectivity index (χ1v) is 7.82. The Balaban J connectivity index is 2.00. The van der Waals surface area contributed by atoms with Crippen LogP contribution in [0.25, 0.3) is 0 Å². The van der Waals surface area contributed by atoms with Crippen molar-refractivity contribution in [2.24, 2.45) is 0 Å². The van der Waals surface area contributed by atoms with Crippen LogP contribution in [0.15, 0.2) is 48.5 Å². The van der Waals surface area contributed by atoms with Crippen LogP contribution in [0.2, 0.25) is 0 Å². The third-order valence-electron chi connectivity index (χ3n) is 4.30. The van der Waals surface area contributed by atoms with Gasteiger partial charge in [-0.3, -0.25) is 4.79 Å². The van der Waals surface area contributed by atoms with Gasteiger partial charge in [0.25, 0.3) is 0 Å². The summed E-state index contributed by atoms with van der Waals surface area (Å²) < 4.78 is 5.54. The predicted octanol–water partition coefficient (Wildman–Crippen LogP) is 4.62. The van der Waals surface area contributed by atoms with E-state index in [-0.39, 0.29) is 17.3 Å². The zero-order chi connectivity index (χ0) is 15.7. The van der Waals surface area contributed by atoms with Crippen molar-refractivity contribution in [1.82, 2.24) is 0 Å². The monoisotopic (exact) mass is 294 g/mol. The number of hydrogen-bond donors (Lipinski definition) is 0. The molecule has 0 amide bonds. The second-order valence-corrected chi connectivity index (χ2v) is 7.06. The summed E-state index contributed by atoms with van der Waals surface area (Å²) in [5, 5.41) is 0. The van der Waals surface area contributed by atoms with Crippen LogP contribution in [0.5, 0.6) is 5.75 Å². The van der Waals surface area contributed by atoms with Gasteiger partial charge in [0.05, 0.1) is 6.42 Å². The van der Waals surface area contributed by atoms with E-state index in [1.807, 2.05) is 24.3 Å². The van der Waals surface area contributed by atoms with E-state index in [4.69, 9.17) is 4.74 Å². The molecule has 0 radical (unpaired) electrons. The van der Waals surface area contributed by atoms with Gasteiger partial charge in [0, 0.05) is 0 Å². The fourth-order valence-electron chi connectivity index (χ4n) is 2.97. The topological polar surface area (TPSA) is 26.3 Å². The first-order chi connectivity index (χ1) is 10.4. The summed E-state index contributed by atoms with van der Waals surface area (Å²) in [6.45, 7) is 6.60. The molecule has 3 rings (SSSR count). The van der Waals surface area contributed by atoms with Crippen molar-refractivity contribution in [2.45, 2.75) is 44.9 Å². The highest BCUT2D eigenvalue weighted by Crippen LogP contribution is 2.35. The van der Waals surface area contributed by atoms with Gasteiger partial charge in [-0.05, 0) is 40.5 Å². The molecule has 0 bridgehead atoms. The Labute approximate surface area is 132 Å². The van der Waals surface area contributed by atoms with Crippen molar-refractivity contribution in [1.29, 1.82) is 0 Å². The summed E-state index contributed by atoms with van der Waals surface area (Å²) in [7, 11) is 0. The van der Waals surface area contributed by atoms with Crippen LogP contribution in [0.1, 0.15) is 49.8 Å². The molecule has 114 valence electrons. The first kappa shape index (κ1) is 14.8. The molecule has 1 aliphatic heterocycles. The molecule has 0 N–H and O–H groups in total. The lowest BCUT2D eigenvalue weighted by Gasteiger charge is -2.21. The predicted molar refractivity (Wildman–Crippen MR) is 88.3 cm³/mol. The van der Waals surface area contributed by atoms with E-state index in [1.165, 1.54) is 11.1 Å². The van der Waals surface area contributed by atoms with Crippen molar-refractivity contribution >= 4 is 5.97 Å². The maximum Gasteiger partial charge on any atom is 0.311 e. The summed E-state index contributed by atoms with van der Waals surface area (Å²) in [4.78, 5) is 12.1. The van der Waals surface area contributed by atoms with Crippen LogP contribution in [-0.2, 0) is 16.6 Å². The van der Waals surface area contributed by atoms with Gasteiger partial charge in [-0.1, -0.05) is 63.2 Å². The van der Waals surface area contributed by atoms with E-state index >= 15 is 0 Å². The van der Waals surface area contributed by atoms with Gasteiger partial charge in [-0.25, -0.2) is 0 Å². The lowest BCUT2D eigenvalue weighted by atomic mass is 9.84. The average molecular weight is 294 g/mol. The smallest absolute Gasteiger partial charge is 0.311 e. The fraction of sp³-hybridized carbons (Fsp3) is 0.350. The number of benzene rings is 2. The standard InChI is InChI=1S/C20H22O2/c1-20(2,3)17-9-10-18-16(12-17)11-15(13-19(21)22-18)14-7-5-4-6-8-14/h4-10,12,15H,11,13H2,1-3H3. The Bertz CT molecular complexity index is 681. The van der Waals surface area contributed by atoms with Crippen LogP contribution in [0.3, 0.4) is 0 Å². The number of fused-ring (bicyclic) bond motifs is 1. The molecule has 0 aliphatic carbocycles. The molecule has 2 aromatic rings. The molecule has 2 aromatic carbocycles.